The Morgan fingerprint density at radius 3 is 1.45 bits per heavy atom. The molecule has 0 spiro atoms. The maximum absolute atomic E-state index is 10.2. The van der Waals surface area contributed by atoms with E-state index < -0.39 is 7.32 Å². The van der Waals surface area contributed by atoms with Crippen LogP contribution < -0.4 is 23.9 Å². The molecule has 0 aromatic rings. The Kier molecular flexibility index (Phi) is 27.6. The van der Waals surface area contributed by atoms with E-state index in [-0.39, 0.29) is 31.5 Å². The fraction of sp³-hybridized carbons (Fsp3) is 0. The predicted molar refractivity (Wildman–Crippen MR) is 37.3 cm³/mol. The molecule has 11 heavy (non-hydrogen) atoms. The zero-order chi connectivity index (χ0) is 8.41. The smallest absolute Gasteiger partial charge is 0.831 e. The van der Waals surface area contributed by atoms with Gasteiger partial charge >= 0.3 is 26.2 Å². The van der Waals surface area contributed by atoms with Gasteiger partial charge in [-0.1, -0.05) is 0 Å². The molecule has 0 aromatic heterocycles. The van der Waals surface area contributed by atoms with Crippen LogP contribution in [-0.2, 0) is 8.20 Å². The van der Waals surface area contributed by atoms with Crippen LogP contribution in [0.2, 0.25) is 0 Å². The van der Waals surface area contributed by atoms with E-state index in [2.05, 4.69) is 34.0 Å². The van der Waals surface area contributed by atoms with Gasteiger partial charge in [0.25, 0.3) is 0 Å². The van der Waals surface area contributed by atoms with Gasteiger partial charge in [0.1, 0.15) is 12.7 Å². The summed E-state index contributed by atoms with van der Waals surface area (Å²) < 4.78 is 27.8. The molecule has 0 amide bonds. The normalized spacial score (nSPS) is 8.09. The summed E-state index contributed by atoms with van der Waals surface area (Å²) in [6, 6.07) is 0. The largest absolute Gasteiger partial charge is 1.00 e. The van der Waals surface area contributed by atoms with Crippen LogP contribution in [0.15, 0.2) is 12.7 Å². The first-order valence-corrected chi connectivity index (χ1v) is 2.57. The van der Waals surface area contributed by atoms with E-state index in [1.165, 1.54) is 0 Å². The third kappa shape index (κ3) is 24.8. The molecule has 0 saturated heterocycles. The Hall–Kier alpha value is 0.842. The van der Waals surface area contributed by atoms with Gasteiger partial charge in [-0.25, -0.2) is 8.78 Å². The molecule has 0 rings (SSSR count). The Morgan fingerprint density at radius 2 is 1.45 bits per heavy atom. The molecule has 0 aromatic carbocycles. The minimum absolute atomic E-state index is 0. The molecule has 0 aliphatic rings. The van der Waals surface area contributed by atoms with Gasteiger partial charge in [0.05, 0.1) is 0 Å². The molecule has 0 radical (unpaired) electrons. The molecule has 0 bridgehead atoms. The molecule has 0 unspecified atom stereocenters. The molecule has 0 saturated carbocycles. The molecule has 3 nitrogen and oxygen atoms in total. The van der Waals surface area contributed by atoms with Crippen LogP contribution in [0.3, 0.4) is 0 Å². The Labute approximate surface area is 86.7 Å². The van der Waals surface area contributed by atoms with Crippen molar-refractivity contribution in [3.8, 4) is 0 Å². The minimum Gasteiger partial charge on any atom is -0.831 e. The molecular weight excluding hydrogens is 192 g/mol. The maximum Gasteiger partial charge on any atom is 1.00 e. The third-order valence-corrected chi connectivity index (χ3v) is 0.564. The van der Waals surface area contributed by atoms with E-state index in [9.17, 15) is 13.8 Å². The van der Waals surface area contributed by atoms with E-state index >= 15 is 0 Å². The van der Waals surface area contributed by atoms with Crippen molar-refractivity contribution < 1.29 is 40.9 Å². The molecule has 0 heterocycles. The summed E-state index contributed by atoms with van der Waals surface area (Å²) in [7, 11) is -1.59. The predicted octanol–water partition coefficient (Wildman–Crippen LogP) is -2.54. The maximum atomic E-state index is 10.2. The van der Waals surface area contributed by atoms with Crippen molar-refractivity contribution >= 4 is 33.1 Å². The van der Waals surface area contributed by atoms with Crippen LogP contribution in [0.25, 0.3) is 0 Å². The summed E-state index contributed by atoms with van der Waals surface area (Å²) in [4.78, 5) is 0. The first kappa shape index (κ1) is 17.8. The average molecular weight is 196 g/mol. The number of thiol groups is 2. The van der Waals surface area contributed by atoms with Gasteiger partial charge < -0.3 is 13.2 Å². The number of hydrogen-bond donors (Lipinski definition) is 2. The van der Waals surface area contributed by atoms with Crippen molar-refractivity contribution in [3.63, 3.8) is 0 Å². The Balaban J connectivity index is -0.000000114. The van der Waals surface area contributed by atoms with Gasteiger partial charge in [-0.3, -0.25) is 0 Å². The van der Waals surface area contributed by atoms with Crippen LogP contribution in [0, 0.1) is 0 Å². The van der Waals surface area contributed by atoms with Crippen LogP contribution in [0.5, 0.6) is 0 Å². The molecule has 0 aliphatic carbocycles. The second-order valence-corrected chi connectivity index (χ2v) is 1.17. The SMILES string of the molecule is FC=CF.[Li+].[O-]B(OS)OS. The van der Waals surface area contributed by atoms with Crippen molar-refractivity contribution in [2.75, 3.05) is 0 Å². The molecule has 0 atom stereocenters. The second kappa shape index (κ2) is 17.1. The van der Waals surface area contributed by atoms with Gasteiger partial charge in [-0.15, -0.1) is 0 Å². The summed E-state index contributed by atoms with van der Waals surface area (Å²) >= 11 is 6.22. The summed E-state index contributed by atoms with van der Waals surface area (Å²) in [6.45, 7) is 0. The number of hydrogen-bond acceptors (Lipinski definition) is 5. The zero-order valence-electron chi connectivity index (χ0n) is 5.61. The zero-order valence-corrected chi connectivity index (χ0v) is 7.40. The topological polar surface area (TPSA) is 41.5 Å². The quantitative estimate of drug-likeness (QED) is 0.290. The first-order valence-electron chi connectivity index (χ1n) is 1.84. The van der Waals surface area contributed by atoms with E-state index in [4.69, 9.17) is 0 Å². The van der Waals surface area contributed by atoms with Crippen LogP contribution in [0.4, 0.5) is 8.78 Å². The van der Waals surface area contributed by atoms with Crippen LogP contribution in [0.1, 0.15) is 0 Å². The molecule has 0 N–H and O–H groups in total. The molecule has 60 valence electrons. The third-order valence-electron chi connectivity index (χ3n) is 0.220. The van der Waals surface area contributed by atoms with E-state index in [0.29, 0.717) is 0 Å². The fourth-order valence-electron chi connectivity index (χ4n) is 0.0192. The molecule has 0 aliphatic heterocycles. The summed E-state index contributed by atoms with van der Waals surface area (Å²) in [5.41, 5.74) is 0. The van der Waals surface area contributed by atoms with Gasteiger partial charge in [0.2, 0.25) is 0 Å². The number of rotatable bonds is 2. The van der Waals surface area contributed by atoms with Crippen molar-refractivity contribution in [1.29, 1.82) is 0 Å². The van der Waals surface area contributed by atoms with Crippen molar-refractivity contribution in [3.05, 3.63) is 12.7 Å². The summed E-state index contributed by atoms with van der Waals surface area (Å²) in [5.74, 6) is 0. The van der Waals surface area contributed by atoms with Gasteiger partial charge in [-0.05, 0) is 25.8 Å². The van der Waals surface area contributed by atoms with Gasteiger partial charge in [0.15, 0.2) is 0 Å². The van der Waals surface area contributed by atoms with Crippen molar-refractivity contribution in [2.45, 2.75) is 0 Å². The molecule has 0 fully saturated rings. The standard InChI is InChI=1S/C2H2F2.BH2O3S2.Li/c3-1-2-4;2-1(3-5)4-6;/h1-2H;5-6H;/q;-1;+1. The first-order chi connectivity index (χ1) is 4.72. The Bertz CT molecular complexity index is 81.7. The summed E-state index contributed by atoms with van der Waals surface area (Å²) in [6.07, 6.45) is -0.333. The van der Waals surface area contributed by atoms with E-state index in [0.717, 1.165) is 0 Å². The monoisotopic (exact) mass is 196 g/mol. The van der Waals surface area contributed by atoms with Gasteiger partial charge in [0, 0.05) is 0 Å². The number of halogens is 2. The van der Waals surface area contributed by atoms with E-state index in [1.54, 1.807) is 0 Å². The average Bonchev–Trinajstić information content (AvgIpc) is 2.03. The van der Waals surface area contributed by atoms with Crippen molar-refractivity contribution in [2.24, 2.45) is 0 Å². The minimum atomic E-state index is -1.59. The molecular formula is C2H4BF2LiO3S2. The summed E-state index contributed by atoms with van der Waals surface area (Å²) in [5, 5.41) is 9.67. The van der Waals surface area contributed by atoms with Crippen LogP contribution >= 0.6 is 25.8 Å². The van der Waals surface area contributed by atoms with Gasteiger partial charge in [-0.2, -0.15) is 0 Å². The molecule has 9 heteroatoms. The van der Waals surface area contributed by atoms with E-state index in [1.807, 2.05) is 0 Å². The Morgan fingerprint density at radius 1 is 1.18 bits per heavy atom. The second-order valence-electron chi connectivity index (χ2n) is 0.751. The fourth-order valence-corrected chi connectivity index (χ4v) is 0.173. The van der Waals surface area contributed by atoms with Crippen molar-refractivity contribution in [1.82, 2.24) is 0 Å². The van der Waals surface area contributed by atoms with Crippen LogP contribution in [-0.4, -0.2) is 7.32 Å².